The number of rotatable bonds is 5. The van der Waals surface area contributed by atoms with Gasteiger partial charge in [-0.05, 0) is 37.8 Å². The second-order valence-electron chi connectivity index (χ2n) is 6.62. The number of aliphatic hydroxyl groups excluding tert-OH is 1. The van der Waals surface area contributed by atoms with Crippen LogP contribution in [0, 0.1) is 12.8 Å². The van der Waals surface area contributed by atoms with E-state index in [1.165, 1.54) is 5.56 Å². The number of likely N-dealkylation sites (tertiary alicyclic amines) is 1. The Labute approximate surface area is 123 Å². The third-order valence-electron chi connectivity index (χ3n) is 4.20. The molecule has 0 aliphatic carbocycles. The highest BCUT2D eigenvalue weighted by Crippen LogP contribution is 2.27. The lowest BCUT2D eigenvalue weighted by Gasteiger charge is -2.42. The van der Waals surface area contributed by atoms with Crippen LogP contribution in [0.3, 0.4) is 0 Å². The highest BCUT2D eigenvalue weighted by Gasteiger charge is 2.33. The van der Waals surface area contributed by atoms with E-state index in [0.717, 1.165) is 38.2 Å². The first-order valence-electron chi connectivity index (χ1n) is 7.71. The molecule has 0 aromatic heterocycles. The van der Waals surface area contributed by atoms with E-state index in [1.54, 1.807) is 0 Å². The third kappa shape index (κ3) is 3.97. The minimum absolute atomic E-state index is 0.150. The van der Waals surface area contributed by atoms with Gasteiger partial charge in [0.2, 0.25) is 0 Å². The van der Waals surface area contributed by atoms with E-state index in [-0.39, 0.29) is 12.1 Å². The zero-order chi connectivity index (χ0) is 14.6. The summed E-state index contributed by atoms with van der Waals surface area (Å²) in [5.74, 6) is 0.710. The van der Waals surface area contributed by atoms with Gasteiger partial charge in [-0.3, -0.25) is 0 Å². The minimum Gasteiger partial charge on any atom is -0.394 e. The quantitative estimate of drug-likeness (QED) is 0.868. The van der Waals surface area contributed by atoms with E-state index in [2.05, 4.69) is 55.3 Å². The average Bonchev–Trinajstić information content (AvgIpc) is 2.43. The topological polar surface area (TPSA) is 35.5 Å². The van der Waals surface area contributed by atoms with Crippen LogP contribution in [-0.4, -0.2) is 41.8 Å². The van der Waals surface area contributed by atoms with Gasteiger partial charge in [-0.2, -0.15) is 0 Å². The maximum Gasteiger partial charge on any atom is 0.0662 e. The summed E-state index contributed by atoms with van der Waals surface area (Å²) in [5.41, 5.74) is 2.23. The maximum atomic E-state index is 9.84. The molecular formula is C17H28N2O. The van der Waals surface area contributed by atoms with E-state index < -0.39 is 0 Å². The van der Waals surface area contributed by atoms with Crippen molar-refractivity contribution in [3.05, 3.63) is 29.8 Å². The molecule has 1 aliphatic heterocycles. The normalized spacial score (nSPS) is 19.2. The molecule has 0 saturated carbocycles. The molecule has 0 amide bonds. The average molecular weight is 276 g/mol. The van der Waals surface area contributed by atoms with Crippen molar-refractivity contribution in [2.75, 3.05) is 31.6 Å². The van der Waals surface area contributed by atoms with Crippen molar-refractivity contribution in [1.29, 1.82) is 0 Å². The van der Waals surface area contributed by atoms with Crippen LogP contribution in [0.4, 0.5) is 5.69 Å². The summed E-state index contributed by atoms with van der Waals surface area (Å²) in [6, 6.07) is 8.43. The maximum absolute atomic E-state index is 9.84. The van der Waals surface area contributed by atoms with Crippen LogP contribution in [-0.2, 0) is 0 Å². The fourth-order valence-electron chi connectivity index (χ4n) is 2.95. The molecule has 2 N–H and O–H groups in total. The van der Waals surface area contributed by atoms with Crippen molar-refractivity contribution < 1.29 is 5.11 Å². The largest absolute Gasteiger partial charge is 0.394 e. The zero-order valence-electron chi connectivity index (χ0n) is 13.0. The van der Waals surface area contributed by atoms with Gasteiger partial charge in [-0.1, -0.05) is 31.5 Å². The summed E-state index contributed by atoms with van der Waals surface area (Å²) in [6.07, 6.45) is 2.01. The van der Waals surface area contributed by atoms with E-state index in [9.17, 15) is 5.11 Å². The first-order valence-corrected chi connectivity index (χ1v) is 7.71. The Balaban J connectivity index is 1.96. The Morgan fingerprint density at radius 3 is 2.30 bits per heavy atom. The van der Waals surface area contributed by atoms with Gasteiger partial charge in [0.15, 0.2) is 0 Å². The highest BCUT2D eigenvalue weighted by molar-refractivity contribution is 5.47. The van der Waals surface area contributed by atoms with E-state index >= 15 is 0 Å². The highest BCUT2D eigenvalue weighted by atomic mass is 16.3. The number of aryl methyl sites for hydroxylation is 1. The van der Waals surface area contributed by atoms with Crippen molar-refractivity contribution in [3.63, 3.8) is 0 Å². The number of aliphatic hydroxyl groups is 1. The van der Waals surface area contributed by atoms with Crippen LogP contribution in [0.1, 0.15) is 32.3 Å². The Kier molecular flexibility index (Phi) is 5.06. The van der Waals surface area contributed by atoms with Crippen LogP contribution in [0.2, 0.25) is 0 Å². The fourth-order valence-corrected chi connectivity index (χ4v) is 2.95. The van der Waals surface area contributed by atoms with Crippen molar-refractivity contribution in [3.8, 4) is 0 Å². The first kappa shape index (κ1) is 15.3. The number of nitrogens with one attached hydrogen (secondary N) is 1. The van der Waals surface area contributed by atoms with Gasteiger partial charge < -0.3 is 15.3 Å². The molecule has 3 heteroatoms. The van der Waals surface area contributed by atoms with Crippen molar-refractivity contribution >= 4 is 5.69 Å². The lowest BCUT2D eigenvalue weighted by molar-refractivity contribution is 0.111. The van der Waals surface area contributed by atoms with Crippen LogP contribution in [0.15, 0.2) is 24.3 Å². The summed E-state index contributed by atoms with van der Waals surface area (Å²) in [5, 5.41) is 13.4. The summed E-state index contributed by atoms with van der Waals surface area (Å²) in [7, 11) is 0. The van der Waals surface area contributed by atoms with Crippen molar-refractivity contribution in [2.45, 2.75) is 39.2 Å². The van der Waals surface area contributed by atoms with E-state index in [0.29, 0.717) is 5.92 Å². The lowest BCUT2D eigenvalue weighted by Crippen LogP contribution is -2.52. The molecule has 1 aromatic rings. The number of benzene rings is 1. The summed E-state index contributed by atoms with van der Waals surface area (Å²) in [4.78, 5) is 2.51. The molecule has 0 atom stereocenters. The molecule has 0 bridgehead atoms. The van der Waals surface area contributed by atoms with Crippen molar-refractivity contribution in [2.24, 2.45) is 5.92 Å². The van der Waals surface area contributed by atoms with Crippen LogP contribution < -0.4 is 5.32 Å². The monoisotopic (exact) mass is 276 g/mol. The summed E-state index contributed by atoms with van der Waals surface area (Å²) < 4.78 is 0. The van der Waals surface area contributed by atoms with Crippen LogP contribution in [0.25, 0.3) is 0 Å². The number of piperidine rings is 1. The Morgan fingerprint density at radius 1 is 1.20 bits per heavy atom. The lowest BCUT2D eigenvalue weighted by atomic mass is 9.87. The molecule has 3 nitrogen and oxygen atoms in total. The molecule has 112 valence electrons. The van der Waals surface area contributed by atoms with Gasteiger partial charge in [0.05, 0.1) is 12.1 Å². The van der Waals surface area contributed by atoms with Crippen LogP contribution in [0.5, 0.6) is 0 Å². The molecule has 20 heavy (non-hydrogen) atoms. The Morgan fingerprint density at radius 2 is 1.80 bits per heavy atom. The molecule has 1 fully saturated rings. The Hall–Kier alpha value is -1.06. The van der Waals surface area contributed by atoms with Gasteiger partial charge in [0, 0.05) is 25.3 Å². The van der Waals surface area contributed by atoms with Crippen molar-refractivity contribution in [1.82, 2.24) is 4.90 Å². The fraction of sp³-hybridized carbons (Fsp3) is 0.647. The van der Waals surface area contributed by atoms with Gasteiger partial charge in [0.1, 0.15) is 0 Å². The molecule has 1 heterocycles. The smallest absolute Gasteiger partial charge is 0.0662 e. The number of hydrogen-bond acceptors (Lipinski definition) is 3. The summed E-state index contributed by atoms with van der Waals surface area (Å²) >= 11 is 0. The van der Waals surface area contributed by atoms with Crippen LogP contribution >= 0.6 is 0 Å². The standard InChI is InChI=1S/C17H28N2O/c1-14(2)12-19-10-8-17(13-20,9-11-19)18-16-6-4-15(3)5-7-16/h4-7,14,18,20H,8-13H2,1-3H3. The third-order valence-corrected chi connectivity index (χ3v) is 4.20. The minimum atomic E-state index is -0.150. The van der Waals surface area contributed by atoms with E-state index in [1.807, 2.05) is 0 Å². The second kappa shape index (κ2) is 6.59. The van der Waals surface area contributed by atoms with Gasteiger partial charge in [-0.15, -0.1) is 0 Å². The molecule has 2 rings (SSSR count). The molecule has 1 saturated heterocycles. The number of hydrogen-bond donors (Lipinski definition) is 2. The van der Waals surface area contributed by atoms with Gasteiger partial charge >= 0.3 is 0 Å². The molecule has 0 unspecified atom stereocenters. The molecule has 1 aromatic carbocycles. The second-order valence-corrected chi connectivity index (χ2v) is 6.62. The van der Waals surface area contributed by atoms with Gasteiger partial charge in [0.25, 0.3) is 0 Å². The predicted octanol–water partition coefficient (Wildman–Crippen LogP) is 2.89. The summed E-state index contributed by atoms with van der Waals surface area (Å²) in [6.45, 7) is 10.1. The molecular weight excluding hydrogens is 248 g/mol. The zero-order valence-corrected chi connectivity index (χ0v) is 13.0. The van der Waals surface area contributed by atoms with E-state index in [4.69, 9.17) is 0 Å². The molecule has 1 aliphatic rings. The number of nitrogens with zero attached hydrogens (tertiary/aromatic N) is 1. The van der Waals surface area contributed by atoms with Gasteiger partial charge in [-0.25, -0.2) is 0 Å². The number of anilines is 1. The molecule has 0 radical (unpaired) electrons. The Bertz CT molecular complexity index is 406. The SMILES string of the molecule is Cc1ccc(NC2(CO)CCN(CC(C)C)CC2)cc1. The molecule has 0 spiro atoms. The predicted molar refractivity (Wildman–Crippen MR) is 85.1 cm³/mol. The first-order chi connectivity index (χ1) is 9.53.